The van der Waals surface area contributed by atoms with Gasteiger partial charge in [-0.3, -0.25) is 9.78 Å². The van der Waals surface area contributed by atoms with Crippen LogP contribution in [0.4, 0.5) is 10.1 Å². The lowest BCUT2D eigenvalue weighted by Crippen LogP contribution is -2.25. The molecule has 0 bridgehead atoms. The predicted molar refractivity (Wildman–Crippen MR) is 86.2 cm³/mol. The molecule has 0 saturated heterocycles. The van der Waals surface area contributed by atoms with Crippen molar-refractivity contribution in [3.05, 3.63) is 57.6 Å². The van der Waals surface area contributed by atoms with Crippen LogP contribution in [-0.4, -0.2) is 29.9 Å². The summed E-state index contributed by atoms with van der Waals surface area (Å²) < 4.78 is 31.6. The van der Waals surface area contributed by atoms with Crippen molar-refractivity contribution in [3.8, 4) is 0 Å². The van der Waals surface area contributed by atoms with Crippen molar-refractivity contribution in [2.75, 3.05) is 19.0 Å². The smallest absolute Gasteiger partial charge is 0.256 e. The third-order valence-corrected chi connectivity index (χ3v) is 3.92. The van der Waals surface area contributed by atoms with Crippen molar-refractivity contribution in [1.29, 1.82) is 0 Å². The fraction of sp³-hybridized carbons (Fsp3) is 0.250. The highest BCUT2D eigenvalue weighted by atomic mass is 79.9. The van der Waals surface area contributed by atoms with Crippen molar-refractivity contribution in [3.63, 3.8) is 0 Å². The van der Waals surface area contributed by atoms with Crippen LogP contribution in [-0.2, 0) is 13.0 Å². The number of aromatic nitrogens is 1. The second-order valence-corrected chi connectivity index (χ2v) is 6.10. The Morgan fingerprint density at radius 1 is 1.50 bits per heavy atom. The number of hydrogen-bond acceptors (Lipinski definition) is 3. The van der Waals surface area contributed by atoms with E-state index in [-0.39, 0.29) is 23.4 Å². The number of hydrogen-bond donors (Lipinski definition) is 0. The lowest BCUT2D eigenvalue weighted by molar-refractivity contribution is 0.0765. The van der Waals surface area contributed by atoms with Gasteiger partial charge in [-0.2, -0.15) is 0 Å². The maximum Gasteiger partial charge on any atom is 0.256 e. The van der Waals surface area contributed by atoms with E-state index in [0.29, 0.717) is 10.2 Å². The van der Waals surface area contributed by atoms with E-state index < -0.39 is 18.2 Å². The molecule has 3 rings (SSSR count). The van der Waals surface area contributed by atoms with Gasteiger partial charge in [-0.25, -0.2) is 4.39 Å². The standard InChI is InChI=1S/C16H15BrFN3O/c1-20(2)15-7-10(17)6-13(18)12(15)8-21-9-14-11(16(21)22)4-3-5-19-14/h3-7H,8-9H2,1-2H3/i9D2. The highest BCUT2D eigenvalue weighted by Gasteiger charge is 2.29. The maximum atomic E-state index is 14.5. The third kappa shape index (κ3) is 2.59. The zero-order valence-corrected chi connectivity index (χ0v) is 13.7. The molecule has 0 aliphatic carbocycles. The monoisotopic (exact) mass is 365 g/mol. The average Bonchev–Trinajstić information content (AvgIpc) is 2.70. The molecule has 0 spiro atoms. The predicted octanol–water partition coefficient (Wildman–Crippen LogP) is 3.21. The van der Waals surface area contributed by atoms with Gasteiger partial charge in [0.1, 0.15) is 5.82 Å². The lowest BCUT2D eigenvalue weighted by Gasteiger charge is -2.22. The first kappa shape index (κ1) is 12.6. The normalized spacial score (nSPS) is 17.1. The number of nitrogens with zero attached hydrogens (tertiary/aromatic N) is 3. The first-order valence-corrected chi connectivity index (χ1v) is 7.45. The van der Waals surface area contributed by atoms with Crippen LogP contribution in [0.2, 0.25) is 0 Å². The van der Waals surface area contributed by atoms with Crippen molar-refractivity contribution >= 4 is 27.5 Å². The van der Waals surface area contributed by atoms with E-state index in [1.807, 2.05) is 0 Å². The summed E-state index contributed by atoms with van der Waals surface area (Å²) in [6.45, 7) is -2.27. The Morgan fingerprint density at radius 3 is 2.95 bits per heavy atom. The van der Waals surface area contributed by atoms with Gasteiger partial charge in [0, 0.05) is 36.0 Å². The molecule has 0 unspecified atom stereocenters. The number of pyridine rings is 1. The molecule has 6 heteroatoms. The summed E-state index contributed by atoms with van der Waals surface area (Å²) in [5.74, 6) is -0.990. The molecule has 1 amide bonds. The third-order valence-electron chi connectivity index (χ3n) is 3.46. The minimum absolute atomic E-state index is 0.0684. The van der Waals surface area contributed by atoms with E-state index in [4.69, 9.17) is 2.74 Å². The average molecular weight is 366 g/mol. The van der Waals surface area contributed by atoms with Crippen LogP contribution in [0.25, 0.3) is 0 Å². The van der Waals surface area contributed by atoms with Crippen molar-refractivity contribution in [2.45, 2.75) is 13.0 Å². The number of fused-ring (bicyclic) bond motifs is 1. The molecular formula is C16H15BrFN3O. The van der Waals surface area contributed by atoms with Gasteiger partial charge in [-0.05, 0) is 24.3 Å². The Morgan fingerprint density at radius 2 is 2.27 bits per heavy atom. The molecule has 1 aromatic carbocycles. The van der Waals surface area contributed by atoms with Crippen molar-refractivity contribution < 1.29 is 11.9 Å². The topological polar surface area (TPSA) is 36.4 Å². The fourth-order valence-corrected chi connectivity index (χ4v) is 2.82. The zero-order valence-electron chi connectivity index (χ0n) is 14.1. The van der Waals surface area contributed by atoms with Gasteiger partial charge in [0.25, 0.3) is 5.91 Å². The van der Waals surface area contributed by atoms with Gasteiger partial charge in [-0.1, -0.05) is 15.9 Å². The summed E-state index contributed by atoms with van der Waals surface area (Å²) in [5, 5.41) is 0. The summed E-state index contributed by atoms with van der Waals surface area (Å²) in [5.41, 5.74) is 1.12. The summed E-state index contributed by atoms with van der Waals surface area (Å²) in [6, 6.07) is 6.17. The van der Waals surface area contributed by atoms with Crippen LogP contribution in [0.15, 0.2) is 34.9 Å². The first-order chi connectivity index (χ1) is 11.2. The van der Waals surface area contributed by atoms with Crippen LogP contribution in [0.5, 0.6) is 0 Å². The Kier molecular flexibility index (Phi) is 3.25. The van der Waals surface area contributed by atoms with Crippen molar-refractivity contribution in [1.82, 2.24) is 9.88 Å². The van der Waals surface area contributed by atoms with Gasteiger partial charge in [0.05, 0.1) is 27.0 Å². The first-order valence-electron chi connectivity index (χ1n) is 7.66. The number of rotatable bonds is 3. The van der Waals surface area contributed by atoms with E-state index in [9.17, 15) is 9.18 Å². The summed E-state index contributed by atoms with van der Waals surface area (Å²) >= 11 is 3.25. The van der Waals surface area contributed by atoms with Crippen LogP contribution in [0.3, 0.4) is 0 Å². The number of amides is 1. The van der Waals surface area contributed by atoms with Crippen LogP contribution >= 0.6 is 15.9 Å². The minimum Gasteiger partial charge on any atom is -0.377 e. The molecule has 2 heterocycles. The second-order valence-electron chi connectivity index (χ2n) is 5.18. The Labute approximate surface area is 139 Å². The Bertz CT molecular complexity index is 829. The number of halogens is 2. The van der Waals surface area contributed by atoms with E-state index in [0.717, 1.165) is 4.90 Å². The van der Waals surface area contributed by atoms with Crippen LogP contribution in [0.1, 0.15) is 24.4 Å². The molecular weight excluding hydrogens is 349 g/mol. The molecule has 2 aromatic rings. The molecule has 1 aliphatic rings. The molecule has 0 N–H and O–H groups in total. The minimum atomic E-state index is -2.09. The van der Waals surface area contributed by atoms with Crippen molar-refractivity contribution in [2.24, 2.45) is 0 Å². The number of carbonyl (C=O) groups excluding carboxylic acids is 1. The number of carbonyl (C=O) groups is 1. The molecule has 0 atom stereocenters. The number of benzene rings is 1. The van der Waals surface area contributed by atoms with Gasteiger partial charge < -0.3 is 9.80 Å². The van der Waals surface area contributed by atoms with Crippen LogP contribution < -0.4 is 4.90 Å². The summed E-state index contributed by atoms with van der Waals surface area (Å²) in [4.78, 5) is 19.3. The van der Waals surface area contributed by atoms with E-state index in [2.05, 4.69) is 20.9 Å². The molecule has 22 heavy (non-hydrogen) atoms. The largest absolute Gasteiger partial charge is 0.377 e. The maximum absolute atomic E-state index is 14.5. The van der Waals surface area contributed by atoms with E-state index in [1.165, 1.54) is 18.3 Å². The molecule has 0 fully saturated rings. The van der Waals surface area contributed by atoms with E-state index in [1.54, 1.807) is 31.1 Å². The quantitative estimate of drug-likeness (QED) is 0.837. The van der Waals surface area contributed by atoms with E-state index >= 15 is 0 Å². The fourth-order valence-electron chi connectivity index (χ4n) is 2.41. The van der Waals surface area contributed by atoms with Gasteiger partial charge in [0.2, 0.25) is 0 Å². The molecule has 0 saturated carbocycles. The van der Waals surface area contributed by atoms with Crippen LogP contribution in [0, 0.1) is 5.82 Å². The van der Waals surface area contributed by atoms with Gasteiger partial charge in [0.15, 0.2) is 0 Å². The zero-order chi connectivity index (χ0) is 17.6. The highest BCUT2D eigenvalue weighted by Crippen LogP contribution is 2.30. The second kappa shape index (κ2) is 5.68. The Balaban J connectivity index is 2.06. The SMILES string of the molecule is [2H]C1([2H])c2ncccc2C(=O)N1Cc1c(F)cc(Br)cc1N(C)C. The summed E-state index contributed by atoms with van der Waals surface area (Å²) in [6.07, 6.45) is 1.44. The van der Waals surface area contributed by atoms with Gasteiger partial charge in [-0.15, -0.1) is 0 Å². The number of anilines is 1. The van der Waals surface area contributed by atoms with Gasteiger partial charge >= 0.3 is 0 Å². The highest BCUT2D eigenvalue weighted by molar-refractivity contribution is 9.10. The molecule has 1 aromatic heterocycles. The lowest BCUT2D eigenvalue weighted by atomic mass is 10.1. The summed E-state index contributed by atoms with van der Waals surface area (Å²) in [7, 11) is 3.53. The molecule has 0 radical (unpaired) electrons. The Hall–Kier alpha value is -1.95. The molecule has 114 valence electrons. The molecule has 4 nitrogen and oxygen atoms in total. The molecule has 1 aliphatic heterocycles.